The molecule has 0 bridgehead atoms. The summed E-state index contributed by atoms with van der Waals surface area (Å²) in [6.45, 7) is 7.87. The topological polar surface area (TPSA) is 62.3 Å². The third kappa shape index (κ3) is 6.64. The number of hydrogen-bond donors (Lipinski definition) is 1. The summed E-state index contributed by atoms with van der Waals surface area (Å²) < 4.78 is 0. The lowest BCUT2D eigenvalue weighted by atomic mass is 10.0. The number of nitrogens with one attached hydrogen (secondary N) is 1. The summed E-state index contributed by atoms with van der Waals surface area (Å²) in [7, 11) is 0. The molecule has 144 valence electrons. The summed E-state index contributed by atoms with van der Waals surface area (Å²) in [6, 6.07) is 9.53. The van der Waals surface area contributed by atoms with Crippen molar-refractivity contribution in [3.05, 3.63) is 47.5 Å². The molecular weight excluding hydrogens is 358 g/mol. The van der Waals surface area contributed by atoms with Crippen LogP contribution < -0.4 is 10.2 Å². The Kier molecular flexibility index (Phi) is 7.73. The van der Waals surface area contributed by atoms with Crippen LogP contribution in [0.5, 0.6) is 0 Å². The van der Waals surface area contributed by atoms with E-state index in [4.69, 9.17) is 0 Å². The Morgan fingerprint density at radius 3 is 2.52 bits per heavy atom. The number of rotatable bonds is 8. The fraction of sp³-hybridized carbons (Fsp3) is 0.381. The molecule has 0 fully saturated rings. The van der Waals surface area contributed by atoms with Crippen molar-refractivity contribution in [2.24, 2.45) is 5.92 Å². The molecule has 5 nitrogen and oxygen atoms in total. The summed E-state index contributed by atoms with van der Waals surface area (Å²) in [5, 5.41) is 5.38. The van der Waals surface area contributed by atoms with Gasteiger partial charge in [-0.3, -0.25) is 14.5 Å². The van der Waals surface area contributed by atoms with Crippen molar-refractivity contribution >= 4 is 40.0 Å². The van der Waals surface area contributed by atoms with E-state index in [1.807, 2.05) is 42.6 Å². The van der Waals surface area contributed by atoms with Gasteiger partial charge in [-0.2, -0.15) is 0 Å². The van der Waals surface area contributed by atoms with E-state index in [1.54, 1.807) is 11.0 Å². The first-order valence-corrected chi connectivity index (χ1v) is 10.0. The first kappa shape index (κ1) is 20.8. The predicted octanol–water partition coefficient (Wildman–Crippen LogP) is 4.78. The highest BCUT2D eigenvalue weighted by Crippen LogP contribution is 2.28. The van der Waals surface area contributed by atoms with Gasteiger partial charge in [0, 0.05) is 24.4 Å². The Bertz CT molecular complexity index is 784. The highest BCUT2D eigenvalue weighted by molar-refractivity contribution is 7.14. The van der Waals surface area contributed by atoms with E-state index in [1.165, 1.54) is 24.3 Å². The second-order valence-electron chi connectivity index (χ2n) is 6.96. The number of amides is 2. The molecule has 1 N–H and O–H groups in total. The zero-order valence-corrected chi connectivity index (χ0v) is 17.1. The second-order valence-corrected chi connectivity index (χ2v) is 7.80. The minimum absolute atomic E-state index is 0.109. The van der Waals surface area contributed by atoms with Crippen molar-refractivity contribution < 1.29 is 9.59 Å². The van der Waals surface area contributed by atoms with Crippen molar-refractivity contribution in [3.63, 3.8) is 0 Å². The lowest BCUT2D eigenvalue weighted by Gasteiger charge is -2.17. The van der Waals surface area contributed by atoms with Crippen LogP contribution in [0.1, 0.15) is 46.2 Å². The van der Waals surface area contributed by atoms with E-state index in [0.29, 0.717) is 16.7 Å². The van der Waals surface area contributed by atoms with Gasteiger partial charge in [0.15, 0.2) is 5.13 Å². The van der Waals surface area contributed by atoms with Gasteiger partial charge in [-0.05, 0) is 43.9 Å². The second kappa shape index (κ2) is 10.0. The fourth-order valence-electron chi connectivity index (χ4n) is 2.57. The lowest BCUT2D eigenvalue weighted by molar-refractivity contribution is -0.117. The Morgan fingerprint density at radius 1 is 1.19 bits per heavy atom. The molecule has 2 aromatic rings. The molecule has 0 aliphatic heterocycles. The summed E-state index contributed by atoms with van der Waals surface area (Å²) in [5.41, 5.74) is 1.42. The summed E-state index contributed by atoms with van der Waals surface area (Å²) in [5.74, 6) is 0.386. The molecule has 2 amide bonds. The van der Waals surface area contributed by atoms with Gasteiger partial charge in [0.1, 0.15) is 0 Å². The van der Waals surface area contributed by atoms with Crippen LogP contribution in [-0.4, -0.2) is 22.8 Å². The molecule has 0 saturated heterocycles. The number of nitrogens with zero attached hydrogens (tertiary/aromatic N) is 2. The minimum Gasteiger partial charge on any atom is -0.350 e. The molecule has 1 heterocycles. The number of para-hydroxylation sites is 1. The SMILES string of the molecule is CC(=O)N(c1ccccc1)c1nc(/C=C/C(=O)N[C@H](C)CCC(C)C)cs1. The van der Waals surface area contributed by atoms with Gasteiger partial charge in [0.2, 0.25) is 11.8 Å². The van der Waals surface area contributed by atoms with Crippen LogP contribution in [0.3, 0.4) is 0 Å². The molecule has 0 aliphatic carbocycles. The minimum atomic E-state index is -0.132. The Balaban J connectivity index is 2.01. The number of thiazole rings is 1. The molecule has 0 unspecified atom stereocenters. The first-order chi connectivity index (χ1) is 12.9. The Hall–Kier alpha value is -2.47. The lowest BCUT2D eigenvalue weighted by Crippen LogP contribution is -2.31. The van der Waals surface area contributed by atoms with Crippen molar-refractivity contribution in [2.45, 2.75) is 46.6 Å². The van der Waals surface area contributed by atoms with Crippen LogP contribution in [0, 0.1) is 5.92 Å². The molecule has 2 rings (SSSR count). The molecule has 1 atom stereocenters. The maximum atomic E-state index is 12.1. The number of carbonyl (C=O) groups is 2. The standard InChI is InChI=1S/C21H27N3O2S/c1-15(2)10-11-16(3)22-20(26)13-12-18-14-27-21(23-18)24(17(4)25)19-8-6-5-7-9-19/h5-9,12-16H,10-11H2,1-4H3,(H,22,26)/b13-12+/t16-/m1/s1. The number of benzene rings is 1. The van der Waals surface area contributed by atoms with Gasteiger partial charge < -0.3 is 5.32 Å². The van der Waals surface area contributed by atoms with Gasteiger partial charge in [-0.15, -0.1) is 11.3 Å². The number of hydrogen-bond acceptors (Lipinski definition) is 4. The molecular formula is C21H27N3O2S. The Morgan fingerprint density at radius 2 is 1.89 bits per heavy atom. The van der Waals surface area contributed by atoms with Crippen LogP contribution in [0.4, 0.5) is 10.8 Å². The summed E-state index contributed by atoms with van der Waals surface area (Å²) in [4.78, 5) is 30.2. The molecule has 0 aliphatic rings. The number of anilines is 2. The van der Waals surface area contributed by atoms with Crippen LogP contribution in [-0.2, 0) is 9.59 Å². The van der Waals surface area contributed by atoms with E-state index in [9.17, 15) is 9.59 Å². The smallest absolute Gasteiger partial charge is 0.244 e. The predicted molar refractivity (Wildman–Crippen MR) is 112 cm³/mol. The van der Waals surface area contributed by atoms with Crippen molar-refractivity contribution in [1.82, 2.24) is 10.3 Å². The largest absolute Gasteiger partial charge is 0.350 e. The molecule has 0 spiro atoms. The zero-order chi connectivity index (χ0) is 19.8. The average Bonchev–Trinajstić information content (AvgIpc) is 3.07. The number of aromatic nitrogens is 1. The van der Waals surface area contributed by atoms with E-state index in [0.717, 1.165) is 18.5 Å². The highest BCUT2D eigenvalue weighted by Gasteiger charge is 2.17. The van der Waals surface area contributed by atoms with Gasteiger partial charge in [-0.25, -0.2) is 4.98 Å². The third-order valence-electron chi connectivity index (χ3n) is 4.00. The first-order valence-electron chi connectivity index (χ1n) is 9.16. The van der Waals surface area contributed by atoms with Crippen molar-refractivity contribution in [1.29, 1.82) is 0 Å². The molecule has 6 heteroatoms. The van der Waals surface area contributed by atoms with Crippen LogP contribution in [0.2, 0.25) is 0 Å². The number of carbonyl (C=O) groups excluding carboxylic acids is 2. The van der Waals surface area contributed by atoms with Crippen molar-refractivity contribution in [2.75, 3.05) is 4.90 Å². The van der Waals surface area contributed by atoms with Crippen molar-refractivity contribution in [3.8, 4) is 0 Å². The molecule has 27 heavy (non-hydrogen) atoms. The quantitative estimate of drug-likeness (QED) is 0.665. The highest BCUT2D eigenvalue weighted by atomic mass is 32.1. The average molecular weight is 386 g/mol. The van der Waals surface area contributed by atoms with Crippen LogP contribution in [0.25, 0.3) is 6.08 Å². The normalized spacial score (nSPS) is 12.3. The molecule has 1 aromatic heterocycles. The summed E-state index contributed by atoms with van der Waals surface area (Å²) >= 11 is 1.37. The van der Waals surface area contributed by atoms with E-state index in [-0.39, 0.29) is 17.9 Å². The van der Waals surface area contributed by atoms with E-state index in [2.05, 4.69) is 24.1 Å². The van der Waals surface area contributed by atoms with E-state index >= 15 is 0 Å². The van der Waals surface area contributed by atoms with Crippen LogP contribution >= 0.6 is 11.3 Å². The maximum absolute atomic E-state index is 12.1. The third-order valence-corrected chi connectivity index (χ3v) is 4.85. The maximum Gasteiger partial charge on any atom is 0.244 e. The molecule has 0 saturated carbocycles. The monoisotopic (exact) mass is 385 g/mol. The van der Waals surface area contributed by atoms with Gasteiger partial charge >= 0.3 is 0 Å². The van der Waals surface area contributed by atoms with Gasteiger partial charge in [0.25, 0.3) is 0 Å². The van der Waals surface area contributed by atoms with E-state index < -0.39 is 0 Å². The molecule has 0 radical (unpaired) electrons. The zero-order valence-electron chi connectivity index (χ0n) is 16.3. The van der Waals surface area contributed by atoms with Gasteiger partial charge in [0.05, 0.1) is 11.4 Å². The van der Waals surface area contributed by atoms with Gasteiger partial charge in [-0.1, -0.05) is 32.0 Å². The fourth-order valence-corrected chi connectivity index (χ4v) is 3.42. The Labute approximate surface area is 165 Å². The molecule has 1 aromatic carbocycles. The van der Waals surface area contributed by atoms with Crippen LogP contribution in [0.15, 0.2) is 41.8 Å². The summed E-state index contributed by atoms with van der Waals surface area (Å²) in [6.07, 6.45) is 5.21.